The zero-order valence-electron chi connectivity index (χ0n) is 12.5. The molecule has 0 saturated carbocycles. The first kappa shape index (κ1) is 16.9. The summed E-state index contributed by atoms with van der Waals surface area (Å²) in [6.45, 7) is 3.18. The van der Waals surface area contributed by atoms with Gasteiger partial charge >= 0.3 is 0 Å². The van der Waals surface area contributed by atoms with Crippen LogP contribution < -0.4 is 5.32 Å². The minimum Gasteiger partial charge on any atom is -0.351 e. The van der Waals surface area contributed by atoms with Gasteiger partial charge in [-0.05, 0) is 12.1 Å². The molecule has 1 aromatic rings. The summed E-state index contributed by atoms with van der Waals surface area (Å²) in [5.41, 5.74) is 0.0318. The van der Waals surface area contributed by atoms with Crippen molar-refractivity contribution in [3.05, 3.63) is 35.6 Å². The Labute approximate surface area is 130 Å². The van der Waals surface area contributed by atoms with E-state index in [0.717, 1.165) is 0 Å². The summed E-state index contributed by atoms with van der Waals surface area (Å²) in [6.07, 6.45) is 1.21. The lowest BCUT2D eigenvalue weighted by Crippen LogP contribution is -2.49. The number of sulfonamides is 1. The van der Waals surface area contributed by atoms with Crippen LogP contribution in [0, 0.1) is 5.82 Å². The molecule has 1 N–H and O–H groups in total. The van der Waals surface area contributed by atoms with E-state index in [2.05, 4.69) is 10.2 Å². The third-order valence-corrected chi connectivity index (χ3v) is 4.94. The van der Waals surface area contributed by atoms with E-state index < -0.39 is 21.7 Å². The third-order valence-electron chi connectivity index (χ3n) is 3.63. The number of nitrogens with zero attached hydrogens (tertiary/aromatic N) is 2. The number of nitrogens with one attached hydrogen (secondary N) is 1. The first-order valence-corrected chi connectivity index (χ1v) is 8.93. The molecule has 1 amide bonds. The van der Waals surface area contributed by atoms with Gasteiger partial charge in [-0.25, -0.2) is 12.8 Å². The number of piperazine rings is 1. The number of carbonyl (C=O) groups is 1. The zero-order valence-corrected chi connectivity index (χ0v) is 13.3. The van der Waals surface area contributed by atoms with Crippen molar-refractivity contribution in [2.45, 2.75) is 0 Å². The van der Waals surface area contributed by atoms with Gasteiger partial charge in [0.25, 0.3) is 5.91 Å². The Morgan fingerprint density at radius 2 is 1.86 bits per heavy atom. The van der Waals surface area contributed by atoms with E-state index in [0.29, 0.717) is 39.3 Å². The number of halogens is 1. The molecule has 0 aliphatic carbocycles. The fourth-order valence-corrected chi connectivity index (χ4v) is 3.18. The number of benzene rings is 1. The summed E-state index contributed by atoms with van der Waals surface area (Å²) in [4.78, 5) is 13.9. The maximum atomic E-state index is 13.4. The van der Waals surface area contributed by atoms with Crippen molar-refractivity contribution in [1.82, 2.24) is 14.5 Å². The van der Waals surface area contributed by atoms with Crippen molar-refractivity contribution < 1.29 is 17.6 Å². The van der Waals surface area contributed by atoms with Gasteiger partial charge in [0, 0.05) is 39.3 Å². The largest absolute Gasteiger partial charge is 0.351 e. The van der Waals surface area contributed by atoms with Gasteiger partial charge in [0.2, 0.25) is 10.0 Å². The molecule has 22 heavy (non-hydrogen) atoms. The van der Waals surface area contributed by atoms with E-state index in [1.54, 1.807) is 6.07 Å². The topological polar surface area (TPSA) is 69.7 Å². The molecule has 6 nitrogen and oxygen atoms in total. The van der Waals surface area contributed by atoms with Crippen molar-refractivity contribution in [3.8, 4) is 0 Å². The molecule has 1 aromatic carbocycles. The number of carbonyl (C=O) groups excluding carboxylic acids is 1. The Bertz CT molecular complexity index is 628. The summed E-state index contributed by atoms with van der Waals surface area (Å²) in [5, 5.41) is 2.68. The SMILES string of the molecule is CS(=O)(=O)N1CCN(CCNC(=O)c2ccccc2F)CC1. The lowest BCUT2D eigenvalue weighted by Gasteiger charge is -2.33. The number of hydrogen-bond donors (Lipinski definition) is 1. The van der Waals surface area contributed by atoms with Crippen molar-refractivity contribution in [3.63, 3.8) is 0 Å². The van der Waals surface area contributed by atoms with E-state index in [4.69, 9.17) is 0 Å². The monoisotopic (exact) mass is 329 g/mol. The van der Waals surface area contributed by atoms with Crippen LogP contribution in [0.5, 0.6) is 0 Å². The number of rotatable bonds is 5. The minimum atomic E-state index is -3.13. The van der Waals surface area contributed by atoms with E-state index in [9.17, 15) is 17.6 Å². The highest BCUT2D eigenvalue weighted by Crippen LogP contribution is 2.07. The average molecular weight is 329 g/mol. The molecule has 0 radical (unpaired) electrons. The van der Waals surface area contributed by atoms with Crippen molar-refractivity contribution >= 4 is 15.9 Å². The lowest BCUT2D eigenvalue weighted by atomic mass is 10.2. The smallest absolute Gasteiger partial charge is 0.254 e. The summed E-state index contributed by atoms with van der Waals surface area (Å²) < 4.78 is 37.7. The third kappa shape index (κ3) is 4.49. The molecule has 0 aromatic heterocycles. The van der Waals surface area contributed by atoms with Crippen LogP contribution in [0.2, 0.25) is 0 Å². The van der Waals surface area contributed by atoms with Crippen LogP contribution in [-0.2, 0) is 10.0 Å². The van der Waals surface area contributed by atoms with Gasteiger partial charge in [-0.3, -0.25) is 9.69 Å². The average Bonchev–Trinajstić information content (AvgIpc) is 2.47. The van der Waals surface area contributed by atoms with Gasteiger partial charge in [0.1, 0.15) is 5.82 Å². The molecule has 1 aliphatic rings. The van der Waals surface area contributed by atoms with Gasteiger partial charge < -0.3 is 5.32 Å². The predicted octanol–water partition coefficient (Wildman–Crippen LogP) is 0.133. The standard InChI is InChI=1S/C14H20FN3O3S/c1-22(20,21)18-10-8-17(9-11-18)7-6-16-14(19)12-4-2-3-5-13(12)15/h2-5H,6-11H2,1H3,(H,16,19). The summed E-state index contributed by atoms with van der Waals surface area (Å²) >= 11 is 0. The van der Waals surface area contributed by atoms with Crippen molar-refractivity contribution in [1.29, 1.82) is 0 Å². The van der Waals surface area contributed by atoms with Crippen molar-refractivity contribution in [2.24, 2.45) is 0 Å². The first-order chi connectivity index (χ1) is 10.4. The Morgan fingerprint density at radius 1 is 1.23 bits per heavy atom. The second-order valence-corrected chi connectivity index (χ2v) is 7.22. The fraction of sp³-hybridized carbons (Fsp3) is 0.500. The quantitative estimate of drug-likeness (QED) is 0.834. The van der Waals surface area contributed by atoms with Crippen LogP contribution in [0.15, 0.2) is 24.3 Å². The zero-order chi connectivity index (χ0) is 16.2. The van der Waals surface area contributed by atoms with Crippen LogP contribution >= 0.6 is 0 Å². The molecule has 1 saturated heterocycles. The van der Waals surface area contributed by atoms with E-state index >= 15 is 0 Å². The molecule has 122 valence electrons. The molecule has 0 bridgehead atoms. The van der Waals surface area contributed by atoms with Gasteiger partial charge in [0.15, 0.2) is 0 Å². The number of amides is 1. The van der Waals surface area contributed by atoms with Gasteiger partial charge in [0.05, 0.1) is 11.8 Å². The second kappa shape index (κ2) is 7.17. The van der Waals surface area contributed by atoms with E-state index in [1.165, 1.54) is 28.8 Å². The Balaban J connectivity index is 1.74. The molecule has 0 atom stereocenters. The van der Waals surface area contributed by atoms with Crippen LogP contribution in [-0.4, -0.2) is 69.1 Å². The predicted molar refractivity (Wildman–Crippen MR) is 81.6 cm³/mol. The molecule has 0 spiro atoms. The van der Waals surface area contributed by atoms with Crippen molar-refractivity contribution in [2.75, 3.05) is 45.5 Å². The highest BCUT2D eigenvalue weighted by molar-refractivity contribution is 7.88. The maximum absolute atomic E-state index is 13.4. The highest BCUT2D eigenvalue weighted by Gasteiger charge is 2.23. The molecule has 1 heterocycles. The fourth-order valence-electron chi connectivity index (χ4n) is 2.35. The molecular formula is C14H20FN3O3S. The molecule has 0 unspecified atom stereocenters. The first-order valence-electron chi connectivity index (χ1n) is 7.08. The Morgan fingerprint density at radius 3 is 2.45 bits per heavy atom. The molecule has 2 rings (SSSR count). The van der Waals surface area contributed by atoms with Gasteiger partial charge in [-0.1, -0.05) is 12.1 Å². The van der Waals surface area contributed by atoms with Crippen LogP contribution in [0.1, 0.15) is 10.4 Å². The van der Waals surface area contributed by atoms with E-state index in [1.807, 2.05) is 0 Å². The number of hydrogen-bond acceptors (Lipinski definition) is 4. The lowest BCUT2D eigenvalue weighted by molar-refractivity contribution is 0.0941. The summed E-state index contributed by atoms with van der Waals surface area (Å²) in [6, 6.07) is 5.84. The maximum Gasteiger partial charge on any atom is 0.254 e. The van der Waals surface area contributed by atoms with Gasteiger partial charge in [-0.15, -0.1) is 0 Å². The summed E-state index contributed by atoms with van der Waals surface area (Å²) in [7, 11) is -3.13. The van der Waals surface area contributed by atoms with Crippen LogP contribution in [0.25, 0.3) is 0 Å². The van der Waals surface area contributed by atoms with Crippen LogP contribution in [0.3, 0.4) is 0 Å². The highest BCUT2D eigenvalue weighted by atomic mass is 32.2. The normalized spacial score (nSPS) is 17.4. The molecule has 8 heteroatoms. The van der Waals surface area contributed by atoms with Crippen LogP contribution in [0.4, 0.5) is 4.39 Å². The minimum absolute atomic E-state index is 0.0318. The molecular weight excluding hydrogens is 309 g/mol. The Hall–Kier alpha value is -1.51. The molecule has 1 aliphatic heterocycles. The van der Waals surface area contributed by atoms with E-state index in [-0.39, 0.29) is 5.56 Å². The second-order valence-electron chi connectivity index (χ2n) is 5.24. The van der Waals surface area contributed by atoms with Gasteiger partial charge in [-0.2, -0.15) is 4.31 Å². The Kier molecular flexibility index (Phi) is 5.49. The summed E-state index contributed by atoms with van der Waals surface area (Å²) in [5.74, 6) is -0.977. The molecule has 1 fully saturated rings.